The third-order valence-corrected chi connectivity index (χ3v) is 5.99. The lowest BCUT2D eigenvalue weighted by molar-refractivity contribution is -0.757. The Bertz CT molecular complexity index is 1240. The summed E-state index contributed by atoms with van der Waals surface area (Å²) >= 11 is 0. The minimum atomic E-state index is -3.36. The molecule has 10 nitrogen and oxygen atoms in total. The fraction of sp³-hybridized carbons (Fsp3) is 0.238. The van der Waals surface area contributed by atoms with E-state index < -0.39 is 20.5 Å². The van der Waals surface area contributed by atoms with E-state index in [1.165, 1.54) is 12.1 Å². The number of ketones is 1. The first-order valence-corrected chi connectivity index (χ1v) is 11.3. The minimum absolute atomic E-state index is 0.0519. The van der Waals surface area contributed by atoms with Crippen LogP contribution in [0.2, 0.25) is 0 Å². The van der Waals surface area contributed by atoms with Gasteiger partial charge in [-0.3, -0.25) is 4.79 Å². The van der Waals surface area contributed by atoms with Crippen molar-refractivity contribution in [3.05, 3.63) is 81.4 Å². The van der Waals surface area contributed by atoms with E-state index in [1.54, 1.807) is 42.5 Å². The Labute approximate surface area is 183 Å². The van der Waals surface area contributed by atoms with Gasteiger partial charge in [0, 0.05) is 18.2 Å². The number of Topliss-reactive ketones (excluding diaryl/α,β-unsaturated/α-hetero) is 1. The van der Waals surface area contributed by atoms with E-state index in [2.05, 4.69) is 15.1 Å². The van der Waals surface area contributed by atoms with Crippen LogP contribution in [0.5, 0.6) is 0 Å². The van der Waals surface area contributed by atoms with Crippen LogP contribution in [0.15, 0.2) is 69.7 Å². The second kappa shape index (κ2) is 9.07. The van der Waals surface area contributed by atoms with Gasteiger partial charge in [0.1, 0.15) is 0 Å². The van der Waals surface area contributed by atoms with Crippen molar-refractivity contribution in [3.63, 3.8) is 0 Å². The van der Waals surface area contributed by atoms with E-state index in [0.717, 1.165) is 6.26 Å². The fourth-order valence-corrected chi connectivity index (χ4v) is 3.83. The molecule has 0 aromatic heterocycles. The number of carbonyl (C=O) groups excluding carboxylic acids is 1. The monoisotopic (exact) mass is 454 g/mol. The van der Waals surface area contributed by atoms with Crippen LogP contribution >= 0.6 is 0 Å². The summed E-state index contributed by atoms with van der Waals surface area (Å²) in [5.41, 5.74) is 0.382. The molecule has 1 aliphatic rings. The van der Waals surface area contributed by atoms with Gasteiger partial charge in [-0.1, -0.05) is 24.3 Å². The van der Waals surface area contributed by atoms with Crippen molar-refractivity contribution >= 4 is 21.3 Å². The molecule has 0 fully saturated rings. The zero-order valence-electron chi connectivity index (χ0n) is 17.0. The SMILES string of the molecule is CS(=O)(=O)c1ccc(C2=CC(C(=O)CCCO[N+](=O)[O-])(c3ccc(C#N)cc3)N=N2)cc1. The van der Waals surface area contributed by atoms with Crippen molar-refractivity contribution in [2.24, 2.45) is 10.2 Å². The molecule has 0 bridgehead atoms. The number of hydrogen-bond donors (Lipinski definition) is 0. The third-order valence-electron chi connectivity index (χ3n) is 4.86. The third kappa shape index (κ3) is 4.87. The summed E-state index contributed by atoms with van der Waals surface area (Å²) in [5, 5.41) is 26.8. The molecule has 11 heteroatoms. The molecule has 1 heterocycles. The largest absolute Gasteiger partial charge is 0.314 e. The maximum Gasteiger partial charge on any atom is 0.294 e. The molecule has 32 heavy (non-hydrogen) atoms. The Hall–Kier alpha value is -3.91. The lowest BCUT2D eigenvalue weighted by Crippen LogP contribution is -2.30. The van der Waals surface area contributed by atoms with Crippen LogP contribution in [0, 0.1) is 21.4 Å². The Morgan fingerprint density at radius 3 is 2.41 bits per heavy atom. The van der Waals surface area contributed by atoms with Crippen LogP contribution < -0.4 is 0 Å². The van der Waals surface area contributed by atoms with Crippen molar-refractivity contribution in [1.29, 1.82) is 5.26 Å². The molecule has 3 rings (SSSR count). The summed E-state index contributed by atoms with van der Waals surface area (Å²) in [6, 6.07) is 14.4. The number of rotatable bonds is 9. The van der Waals surface area contributed by atoms with Gasteiger partial charge in [0.15, 0.2) is 21.2 Å². The predicted molar refractivity (Wildman–Crippen MR) is 112 cm³/mol. The van der Waals surface area contributed by atoms with Gasteiger partial charge in [0.25, 0.3) is 5.09 Å². The van der Waals surface area contributed by atoms with E-state index in [1.807, 2.05) is 6.07 Å². The van der Waals surface area contributed by atoms with Gasteiger partial charge in [-0.05, 0) is 42.3 Å². The molecule has 2 aromatic carbocycles. The van der Waals surface area contributed by atoms with Gasteiger partial charge < -0.3 is 4.84 Å². The second-order valence-corrected chi connectivity index (χ2v) is 9.08. The highest BCUT2D eigenvalue weighted by molar-refractivity contribution is 7.90. The van der Waals surface area contributed by atoms with Gasteiger partial charge in [-0.2, -0.15) is 15.5 Å². The molecule has 1 aliphatic heterocycles. The Balaban J connectivity index is 1.95. The molecule has 0 N–H and O–H groups in total. The summed E-state index contributed by atoms with van der Waals surface area (Å²) in [4.78, 5) is 27.9. The number of azo groups is 1. The number of benzene rings is 2. The average molecular weight is 454 g/mol. The second-order valence-electron chi connectivity index (χ2n) is 7.07. The molecule has 0 saturated heterocycles. The summed E-state index contributed by atoms with van der Waals surface area (Å²) in [6.07, 6.45) is 2.73. The van der Waals surface area contributed by atoms with Gasteiger partial charge >= 0.3 is 0 Å². The number of hydrogen-bond acceptors (Lipinski definition) is 9. The molecule has 1 unspecified atom stereocenters. The summed E-state index contributed by atoms with van der Waals surface area (Å²) < 4.78 is 23.4. The molecular formula is C21H18N4O6S. The smallest absolute Gasteiger partial charge is 0.294 e. The zero-order chi connectivity index (χ0) is 23.4. The first-order chi connectivity index (χ1) is 15.2. The molecule has 0 radical (unpaired) electrons. The first-order valence-electron chi connectivity index (χ1n) is 9.43. The highest BCUT2D eigenvalue weighted by atomic mass is 32.2. The maximum atomic E-state index is 13.2. The van der Waals surface area contributed by atoms with Crippen LogP contribution in [0.4, 0.5) is 0 Å². The lowest BCUT2D eigenvalue weighted by Gasteiger charge is -2.21. The number of carbonyl (C=O) groups is 1. The predicted octanol–water partition coefficient (Wildman–Crippen LogP) is 3.22. The summed E-state index contributed by atoms with van der Waals surface area (Å²) in [5.74, 6) is -0.347. The molecular weight excluding hydrogens is 436 g/mol. The Kier molecular flexibility index (Phi) is 6.45. The van der Waals surface area contributed by atoms with Crippen molar-refractivity contribution < 1.29 is 23.1 Å². The fourth-order valence-electron chi connectivity index (χ4n) is 3.20. The lowest BCUT2D eigenvalue weighted by atomic mass is 9.83. The van der Waals surface area contributed by atoms with Crippen molar-refractivity contribution in [3.8, 4) is 6.07 Å². The summed E-state index contributed by atoms with van der Waals surface area (Å²) in [7, 11) is -3.36. The van der Waals surface area contributed by atoms with E-state index in [9.17, 15) is 23.3 Å². The van der Waals surface area contributed by atoms with Crippen LogP contribution in [-0.2, 0) is 25.0 Å². The van der Waals surface area contributed by atoms with Crippen LogP contribution in [-0.4, -0.2) is 32.2 Å². The van der Waals surface area contributed by atoms with Crippen molar-refractivity contribution in [2.75, 3.05) is 12.9 Å². The van der Waals surface area contributed by atoms with E-state index in [4.69, 9.17) is 5.26 Å². The standard InChI is InChI=1S/C21H18N4O6S/c1-32(29,30)18-10-6-16(7-11-18)19-13-21(24-23-19,17-8-4-15(14-22)5-9-17)20(26)3-2-12-31-25(27)28/h4-11,13H,2-3,12H2,1H3. The molecule has 0 saturated carbocycles. The maximum absolute atomic E-state index is 13.2. The normalized spacial score (nSPS) is 17.4. The van der Waals surface area contributed by atoms with Gasteiger partial charge in [-0.15, -0.1) is 10.1 Å². The van der Waals surface area contributed by atoms with Crippen molar-refractivity contribution in [1.82, 2.24) is 0 Å². The topological polar surface area (TPSA) is 152 Å². The summed E-state index contributed by atoms with van der Waals surface area (Å²) in [6.45, 7) is -0.233. The molecule has 1 atom stereocenters. The van der Waals surface area contributed by atoms with Gasteiger partial charge in [0.05, 0.1) is 28.8 Å². The number of sulfone groups is 1. The highest BCUT2D eigenvalue weighted by Crippen LogP contribution is 2.40. The zero-order valence-corrected chi connectivity index (χ0v) is 17.8. The van der Waals surface area contributed by atoms with Crippen LogP contribution in [0.1, 0.15) is 29.5 Å². The van der Waals surface area contributed by atoms with Crippen LogP contribution in [0.25, 0.3) is 5.70 Å². The molecule has 2 aromatic rings. The quantitative estimate of drug-likeness (QED) is 0.320. The molecule has 0 aliphatic carbocycles. The molecule has 0 spiro atoms. The molecule has 0 amide bonds. The number of nitriles is 1. The molecule has 164 valence electrons. The average Bonchev–Trinajstić information content (AvgIpc) is 3.23. The van der Waals surface area contributed by atoms with Crippen molar-refractivity contribution in [2.45, 2.75) is 23.3 Å². The highest BCUT2D eigenvalue weighted by Gasteiger charge is 2.41. The Morgan fingerprint density at radius 2 is 1.84 bits per heavy atom. The van der Waals surface area contributed by atoms with Gasteiger partial charge in [0.2, 0.25) is 0 Å². The van der Waals surface area contributed by atoms with E-state index in [-0.39, 0.29) is 30.1 Å². The minimum Gasteiger partial charge on any atom is -0.314 e. The first kappa shape index (κ1) is 22.8. The van der Waals surface area contributed by atoms with E-state index >= 15 is 0 Å². The van der Waals surface area contributed by atoms with Crippen LogP contribution in [0.3, 0.4) is 0 Å². The number of nitrogens with zero attached hydrogens (tertiary/aromatic N) is 4. The van der Waals surface area contributed by atoms with Gasteiger partial charge in [-0.25, -0.2) is 8.42 Å². The van der Waals surface area contributed by atoms with E-state index in [0.29, 0.717) is 22.4 Å². The Morgan fingerprint density at radius 1 is 1.19 bits per heavy atom.